The molecule has 0 saturated carbocycles. The Labute approximate surface area is 133 Å². The molecule has 110 valence electrons. The van der Waals surface area contributed by atoms with Crippen molar-refractivity contribution >= 4 is 33.9 Å². The van der Waals surface area contributed by atoms with Crippen LogP contribution in [0.2, 0.25) is 0 Å². The zero-order chi connectivity index (χ0) is 15.4. The first-order valence-electron chi connectivity index (χ1n) is 6.85. The van der Waals surface area contributed by atoms with Crippen molar-refractivity contribution in [2.45, 2.75) is 6.61 Å². The number of thiocarbonyl (C=S) groups is 1. The molecule has 0 aliphatic carbocycles. The lowest BCUT2D eigenvalue weighted by Gasteiger charge is -2.12. The molecule has 2 aromatic carbocycles. The first-order valence-corrected chi connectivity index (χ1v) is 7.26. The van der Waals surface area contributed by atoms with Crippen molar-refractivity contribution in [1.29, 1.82) is 0 Å². The average molecular weight is 309 g/mol. The van der Waals surface area contributed by atoms with Gasteiger partial charge in [0.25, 0.3) is 0 Å². The smallest absolute Gasteiger partial charge is 0.168 e. The molecule has 3 aromatic rings. The van der Waals surface area contributed by atoms with Crippen LogP contribution in [0, 0.1) is 0 Å². The second kappa shape index (κ2) is 6.41. The summed E-state index contributed by atoms with van der Waals surface area (Å²) in [5.41, 5.74) is 8.08. The topological polar surface area (TPSA) is 60.2 Å². The minimum Gasteiger partial charge on any atom is -0.485 e. The summed E-state index contributed by atoms with van der Waals surface area (Å²) in [6.07, 6.45) is 0. The maximum Gasteiger partial charge on any atom is 0.168 e. The van der Waals surface area contributed by atoms with Gasteiger partial charge in [-0.25, -0.2) is 4.98 Å². The van der Waals surface area contributed by atoms with E-state index in [9.17, 15) is 0 Å². The van der Waals surface area contributed by atoms with E-state index in [2.05, 4.69) is 10.3 Å². The fourth-order valence-corrected chi connectivity index (χ4v) is 2.28. The highest BCUT2D eigenvalue weighted by Crippen LogP contribution is 2.24. The SMILES string of the molecule is NC(=S)Nc1ccccc1OCc1ccc2ccccc2n1. The van der Waals surface area contributed by atoms with Gasteiger partial charge in [-0.15, -0.1) is 0 Å². The minimum atomic E-state index is 0.208. The number of nitrogens with two attached hydrogens (primary N) is 1. The van der Waals surface area contributed by atoms with Gasteiger partial charge < -0.3 is 15.8 Å². The van der Waals surface area contributed by atoms with Crippen LogP contribution in [0.5, 0.6) is 5.75 Å². The van der Waals surface area contributed by atoms with Crippen molar-refractivity contribution in [2.75, 3.05) is 5.32 Å². The van der Waals surface area contributed by atoms with E-state index in [-0.39, 0.29) is 5.11 Å². The number of nitrogens with zero attached hydrogens (tertiary/aromatic N) is 1. The Bertz CT molecular complexity index is 820. The van der Waals surface area contributed by atoms with E-state index >= 15 is 0 Å². The predicted molar refractivity (Wildman–Crippen MR) is 92.9 cm³/mol. The van der Waals surface area contributed by atoms with Gasteiger partial charge in [-0.1, -0.05) is 36.4 Å². The number of pyridine rings is 1. The number of hydrogen-bond donors (Lipinski definition) is 2. The van der Waals surface area contributed by atoms with Crippen molar-refractivity contribution in [1.82, 2.24) is 4.98 Å². The van der Waals surface area contributed by atoms with Crippen LogP contribution < -0.4 is 15.8 Å². The molecule has 0 spiro atoms. The molecule has 22 heavy (non-hydrogen) atoms. The summed E-state index contributed by atoms with van der Waals surface area (Å²) >= 11 is 4.87. The molecule has 0 radical (unpaired) electrons. The summed E-state index contributed by atoms with van der Waals surface area (Å²) in [6, 6.07) is 19.5. The quantitative estimate of drug-likeness (QED) is 0.723. The molecule has 0 unspecified atom stereocenters. The van der Waals surface area contributed by atoms with Gasteiger partial charge in [0.2, 0.25) is 0 Å². The Morgan fingerprint density at radius 1 is 1.05 bits per heavy atom. The van der Waals surface area contributed by atoms with E-state index < -0.39 is 0 Å². The number of anilines is 1. The third kappa shape index (κ3) is 3.32. The zero-order valence-corrected chi connectivity index (χ0v) is 12.6. The Morgan fingerprint density at radius 2 is 1.82 bits per heavy atom. The Hall–Kier alpha value is -2.66. The molecule has 1 aromatic heterocycles. The lowest BCUT2D eigenvalue weighted by atomic mass is 10.2. The maximum atomic E-state index is 5.83. The van der Waals surface area contributed by atoms with Gasteiger partial charge in [0.1, 0.15) is 12.4 Å². The van der Waals surface area contributed by atoms with E-state index in [1.165, 1.54) is 0 Å². The second-order valence-corrected chi connectivity index (χ2v) is 5.21. The average Bonchev–Trinajstić information content (AvgIpc) is 2.53. The third-order valence-corrected chi connectivity index (χ3v) is 3.28. The molecule has 0 saturated heterocycles. The molecule has 0 amide bonds. The number of para-hydroxylation sites is 3. The summed E-state index contributed by atoms with van der Waals surface area (Å²) in [5, 5.41) is 4.22. The van der Waals surface area contributed by atoms with Crippen LogP contribution in [-0.2, 0) is 6.61 Å². The van der Waals surface area contributed by atoms with Gasteiger partial charge >= 0.3 is 0 Å². The van der Waals surface area contributed by atoms with E-state index in [0.717, 1.165) is 22.3 Å². The first-order chi connectivity index (χ1) is 10.7. The molecule has 0 atom stereocenters. The van der Waals surface area contributed by atoms with Crippen LogP contribution in [0.15, 0.2) is 60.7 Å². The number of rotatable bonds is 4. The van der Waals surface area contributed by atoms with Crippen molar-refractivity contribution in [3.63, 3.8) is 0 Å². The standard InChI is InChI=1S/C17H15N3OS/c18-17(22)20-15-7-3-4-8-16(15)21-11-13-10-9-12-5-1-2-6-14(12)19-13/h1-10H,11H2,(H3,18,20,22). The lowest BCUT2D eigenvalue weighted by molar-refractivity contribution is 0.303. The molecule has 5 heteroatoms. The largest absolute Gasteiger partial charge is 0.485 e. The van der Waals surface area contributed by atoms with Crippen LogP contribution in [0.4, 0.5) is 5.69 Å². The van der Waals surface area contributed by atoms with Crippen LogP contribution in [0.25, 0.3) is 10.9 Å². The van der Waals surface area contributed by atoms with Gasteiger partial charge in [-0.3, -0.25) is 0 Å². The summed E-state index contributed by atoms with van der Waals surface area (Å²) in [6.45, 7) is 0.376. The fourth-order valence-electron chi connectivity index (χ4n) is 2.17. The van der Waals surface area contributed by atoms with E-state index in [1.54, 1.807) is 0 Å². The van der Waals surface area contributed by atoms with E-state index in [1.807, 2.05) is 60.7 Å². The molecule has 0 fully saturated rings. The van der Waals surface area contributed by atoms with Gasteiger partial charge in [0, 0.05) is 5.39 Å². The van der Waals surface area contributed by atoms with Crippen LogP contribution in [0.3, 0.4) is 0 Å². The molecule has 0 aliphatic rings. The predicted octanol–water partition coefficient (Wildman–Crippen LogP) is 3.47. The van der Waals surface area contributed by atoms with Crippen molar-refractivity contribution in [3.05, 3.63) is 66.4 Å². The first kappa shape index (κ1) is 14.3. The second-order valence-electron chi connectivity index (χ2n) is 4.77. The number of fused-ring (bicyclic) bond motifs is 1. The van der Waals surface area contributed by atoms with Gasteiger partial charge in [0.05, 0.1) is 16.9 Å². The summed E-state index contributed by atoms with van der Waals surface area (Å²) in [4.78, 5) is 4.59. The minimum absolute atomic E-state index is 0.208. The highest BCUT2D eigenvalue weighted by Gasteiger charge is 2.05. The van der Waals surface area contributed by atoms with Crippen LogP contribution in [0.1, 0.15) is 5.69 Å². The zero-order valence-electron chi connectivity index (χ0n) is 11.8. The van der Waals surface area contributed by atoms with E-state index in [4.69, 9.17) is 22.7 Å². The number of ether oxygens (including phenoxy) is 1. The van der Waals surface area contributed by atoms with Gasteiger partial charge in [0.15, 0.2) is 5.11 Å². The van der Waals surface area contributed by atoms with Crippen LogP contribution in [-0.4, -0.2) is 10.1 Å². The maximum absolute atomic E-state index is 5.83. The Balaban J connectivity index is 1.77. The molecule has 0 aliphatic heterocycles. The summed E-state index contributed by atoms with van der Waals surface area (Å²) in [5.74, 6) is 0.685. The number of nitrogens with one attached hydrogen (secondary N) is 1. The normalized spacial score (nSPS) is 10.4. The van der Waals surface area contributed by atoms with Gasteiger partial charge in [-0.2, -0.15) is 0 Å². The number of aromatic nitrogens is 1. The molecule has 0 bridgehead atoms. The van der Waals surface area contributed by atoms with E-state index in [0.29, 0.717) is 12.4 Å². The number of hydrogen-bond acceptors (Lipinski definition) is 3. The van der Waals surface area contributed by atoms with Crippen molar-refractivity contribution in [2.24, 2.45) is 5.73 Å². The number of benzene rings is 2. The third-order valence-electron chi connectivity index (χ3n) is 3.18. The van der Waals surface area contributed by atoms with Crippen molar-refractivity contribution < 1.29 is 4.74 Å². The summed E-state index contributed by atoms with van der Waals surface area (Å²) < 4.78 is 5.83. The monoisotopic (exact) mass is 309 g/mol. The van der Waals surface area contributed by atoms with Crippen molar-refractivity contribution in [3.8, 4) is 5.75 Å². The molecule has 3 N–H and O–H groups in total. The van der Waals surface area contributed by atoms with Gasteiger partial charge in [-0.05, 0) is 36.5 Å². The fraction of sp³-hybridized carbons (Fsp3) is 0.0588. The molecule has 1 heterocycles. The highest BCUT2D eigenvalue weighted by molar-refractivity contribution is 7.80. The molecular weight excluding hydrogens is 294 g/mol. The van der Waals surface area contributed by atoms with Crippen LogP contribution >= 0.6 is 12.2 Å². The lowest BCUT2D eigenvalue weighted by Crippen LogP contribution is -2.19. The molecule has 3 rings (SSSR count). The summed E-state index contributed by atoms with van der Waals surface area (Å²) in [7, 11) is 0. The molecular formula is C17H15N3OS. The highest BCUT2D eigenvalue weighted by atomic mass is 32.1. The Morgan fingerprint density at radius 3 is 2.68 bits per heavy atom. The molecule has 4 nitrogen and oxygen atoms in total. The Kier molecular flexibility index (Phi) is 4.16.